The van der Waals surface area contributed by atoms with Gasteiger partial charge in [0.15, 0.2) is 0 Å². The molecule has 0 amide bonds. The number of methoxy groups -OCH3 is 2. The van der Waals surface area contributed by atoms with Crippen molar-refractivity contribution in [1.29, 1.82) is 0 Å². The molecule has 0 radical (unpaired) electrons. The molecule has 1 atom stereocenters. The molecule has 0 unspecified atom stereocenters. The Morgan fingerprint density at radius 1 is 1.26 bits per heavy atom. The highest BCUT2D eigenvalue weighted by molar-refractivity contribution is 5.50. The zero-order valence-corrected chi connectivity index (χ0v) is 11.8. The lowest BCUT2D eigenvalue weighted by molar-refractivity contribution is 0.154. The number of likely N-dealkylation sites (tertiary alicyclic amines) is 1. The van der Waals surface area contributed by atoms with Crippen LogP contribution in [0.25, 0.3) is 6.08 Å². The van der Waals surface area contributed by atoms with E-state index in [1.807, 2.05) is 12.1 Å². The average molecular weight is 261 g/mol. The van der Waals surface area contributed by atoms with Crippen molar-refractivity contribution < 1.29 is 9.47 Å². The van der Waals surface area contributed by atoms with Crippen molar-refractivity contribution >= 4 is 6.08 Å². The summed E-state index contributed by atoms with van der Waals surface area (Å²) < 4.78 is 10.4. The Hall–Kier alpha value is -1.32. The third-order valence-corrected chi connectivity index (χ3v) is 3.56. The van der Waals surface area contributed by atoms with Gasteiger partial charge in [-0.3, -0.25) is 4.90 Å². The van der Waals surface area contributed by atoms with Gasteiger partial charge in [0.1, 0.15) is 5.75 Å². The Labute approximate surface area is 115 Å². The van der Waals surface area contributed by atoms with Gasteiger partial charge >= 0.3 is 0 Å². The molecule has 1 aliphatic heterocycles. The van der Waals surface area contributed by atoms with E-state index in [4.69, 9.17) is 9.47 Å². The van der Waals surface area contributed by atoms with Gasteiger partial charge in [0.25, 0.3) is 0 Å². The van der Waals surface area contributed by atoms with Gasteiger partial charge in [-0.1, -0.05) is 24.3 Å². The molecule has 0 bridgehead atoms. The lowest BCUT2D eigenvalue weighted by Gasteiger charge is -2.13. The van der Waals surface area contributed by atoms with Crippen molar-refractivity contribution in [3.8, 4) is 5.75 Å². The van der Waals surface area contributed by atoms with Crippen LogP contribution in [-0.4, -0.2) is 45.4 Å². The summed E-state index contributed by atoms with van der Waals surface area (Å²) >= 11 is 0. The third kappa shape index (κ3) is 4.37. The van der Waals surface area contributed by atoms with Gasteiger partial charge in [0, 0.05) is 20.2 Å². The predicted molar refractivity (Wildman–Crippen MR) is 78.5 cm³/mol. The van der Waals surface area contributed by atoms with Crippen molar-refractivity contribution in [1.82, 2.24) is 4.90 Å². The highest BCUT2D eigenvalue weighted by Gasteiger charge is 2.20. The third-order valence-electron chi connectivity index (χ3n) is 3.56. The molecule has 1 aromatic rings. The first kappa shape index (κ1) is 14.1. The number of nitrogens with zero attached hydrogens (tertiary/aromatic N) is 1. The molecule has 3 nitrogen and oxygen atoms in total. The second-order valence-corrected chi connectivity index (χ2v) is 5.05. The number of hydrogen-bond donors (Lipinski definition) is 0. The van der Waals surface area contributed by atoms with Crippen molar-refractivity contribution in [2.75, 3.05) is 40.5 Å². The van der Waals surface area contributed by atoms with Crippen molar-refractivity contribution in [3.05, 3.63) is 35.9 Å². The Morgan fingerprint density at radius 3 is 2.74 bits per heavy atom. The smallest absolute Gasteiger partial charge is 0.118 e. The molecule has 1 heterocycles. The summed E-state index contributed by atoms with van der Waals surface area (Å²) in [5.74, 6) is 1.61. The lowest BCUT2D eigenvalue weighted by Crippen LogP contribution is -2.21. The topological polar surface area (TPSA) is 21.7 Å². The van der Waals surface area contributed by atoms with Crippen LogP contribution in [0.15, 0.2) is 30.3 Å². The molecular weight excluding hydrogens is 238 g/mol. The van der Waals surface area contributed by atoms with Crippen LogP contribution in [0.4, 0.5) is 0 Å². The van der Waals surface area contributed by atoms with Gasteiger partial charge in [-0.25, -0.2) is 0 Å². The van der Waals surface area contributed by atoms with E-state index in [1.54, 1.807) is 14.2 Å². The van der Waals surface area contributed by atoms with Gasteiger partial charge in [-0.2, -0.15) is 0 Å². The molecule has 1 aliphatic rings. The van der Waals surface area contributed by atoms with Crippen LogP contribution in [0.5, 0.6) is 5.75 Å². The zero-order chi connectivity index (χ0) is 13.5. The van der Waals surface area contributed by atoms with E-state index in [-0.39, 0.29) is 0 Å². The minimum absolute atomic E-state index is 0.708. The standard InChI is InChI=1S/C16H23NO2/c1-18-13-15-9-11-17(12-15)10-3-4-14-5-7-16(19-2)8-6-14/h3-8,15H,9-13H2,1-2H3/b4-3+/t15-/m1/s1. The molecule has 1 aromatic carbocycles. The summed E-state index contributed by atoms with van der Waals surface area (Å²) in [7, 11) is 3.47. The predicted octanol–water partition coefficient (Wildman–Crippen LogP) is 2.68. The molecule has 0 N–H and O–H groups in total. The van der Waals surface area contributed by atoms with Crippen LogP contribution in [0.2, 0.25) is 0 Å². The zero-order valence-electron chi connectivity index (χ0n) is 11.8. The number of benzene rings is 1. The van der Waals surface area contributed by atoms with Gasteiger partial charge in [-0.05, 0) is 36.6 Å². The SMILES string of the molecule is COC[C@@H]1CCN(C/C=C/c2ccc(OC)cc2)C1. The summed E-state index contributed by atoms with van der Waals surface area (Å²) in [5.41, 5.74) is 1.22. The average Bonchev–Trinajstić information content (AvgIpc) is 2.88. The van der Waals surface area contributed by atoms with Gasteiger partial charge in [0.2, 0.25) is 0 Å². The van der Waals surface area contributed by atoms with Crippen LogP contribution < -0.4 is 4.74 Å². The number of rotatable bonds is 6. The molecule has 1 fully saturated rings. The van der Waals surface area contributed by atoms with Gasteiger partial charge in [-0.15, -0.1) is 0 Å². The van der Waals surface area contributed by atoms with Gasteiger partial charge in [0.05, 0.1) is 13.7 Å². The fraction of sp³-hybridized carbons (Fsp3) is 0.500. The summed E-state index contributed by atoms with van der Waals surface area (Å²) in [6, 6.07) is 8.13. The lowest BCUT2D eigenvalue weighted by atomic mass is 10.1. The van der Waals surface area contributed by atoms with E-state index in [1.165, 1.54) is 18.5 Å². The normalized spacial score (nSPS) is 20.2. The quantitative estimate of drug-likeness (QED) is 0.786. The first-order valence-electron chi connectivity index (χ1n) is 6.83. The summed E-state index contributed by atoms with van der Waals surface area (Å²) in [6.45, 7) is 4.24. The maximum absolute atomic E-state index is 5.21. The molecule has 0 aliphatic carbocycles. The van der Waals surface area contributed by atoms with E-state index in [2.05, 4.69) is 29.2 Å². The summed E-state index contributed by atoms with van der Waals surface area (Å²) in [5, 5.41) is 0. The summed E-state index contributed by atoms with van der Waals surface area (Å²) in [6.07, 6.45) is 5.66. The number of ether oxygens (including phenoxy) is 2. The van der Waals surface area contributed by atoms with Crippen molar-refractivity contribution in [2.45, 2.75) is 6.42 Å². The van der Waals surface area contributed by atoms with Crippen LogP contribution in [0, 0.1) is 5.92 Å². The Kier molecular flexibility index (Phi) is 5.43. The highest BCUT2D eigenvalue weighted by atomic mass is 16.5. The van der Waals surface area contributed by atoms with E-state index < -0.39 is 0 Å². The molecule has 3 heteroatoms. The monoisotopic (exact) mass is 261 g/mol. The molecule has 0 aromatic heterocycles. The molecule has 0 spiro atoms. The summed E-state index contributed by atoms with van der Waals surface area (Å²) in [4.78, 5) is 2.48. The Morgan fingerprint density at radius 2 is 2.05 bits per heavy atom. The molecule has 104 valence electrons. The highest BCUT2D eigenvalue weighted by Crippen LogP contribution is 2.16. The second-order valence-electron chi connectivity index (χ2n) is 5.05. The minimum atomic E-state index is 0.708. The Balaban J connectivity index is 1.77. The van der Waals surface area contributed by atoms with Crippen molar-refractivity contribution in [2.24, 2.45) is 5.92 Å². The fourth-order valence-electron chi connectivity index (χ4n) is 2.50. The van der Waals surface area contributed by atoms with E-state index in [9.17, 15) is 0 Å². The maximum Gasteiger partial charge on any atom is 0.118 e. The van der Waals surface area contributed by atoms with Crippen LogP contribution in [0.3, 0.4) is 0 Å². The van der Waals surface area contributed by atoms with Gasteiger partial charge < -0.3 is 9.47 Å². The maximum atomic E-state index is 5.21. The fourth-order valence-corrected chi connectivity index (χ4v) is 2.50. The molecule has 0 saturated carbocycles. The second kappa shape index (κ2) is 7.31. The van der Waals surface area contributed by atoms with Crippen LogP contribution in [0.1, 0.15) is 12.0 Å². The Bertz CT molecular complexity index is 400. The van der Waals surface area contributed by atoms with Crippen molar-refractivity contribution in [3.63, 3.8) is 0 Å². The molecule has 1 saturated heterocycles. The molecule has 2 rings (SSSR count). The van der Waals surface area contributed by atoms with Crippen LogP contribution >= 0.6 is 0 Å². The first-order valence-corrected chi connectivity index (χ1v) is 6.83. The first-order chi connectivity index (χ1) is 9.31. The minimum Gasteiger partial charge on any atom is -0.497 e. The largest absolute Gasteiger partial charge is 0.497 e. The molecular formula is C16H23NO2. The van der Waals surface area contributed by atoms with E-state index in [0.717, 1.165) is 25.4 Å². The van der Waals surface area contributed by atoms with E-state index in [0.29, 0.717) is 5.92 Å². The van der Waals surface area contributed by atoms with Crippen LogP contribution in [-0.2, 0) is 4.74 Å². The van der Waals surface area contributed by atoms with E-state index >= 15 is 0 Å². The number of hydrogen-bond acceptors (Lipinski definition) is 3. The molecule has 19 heavy (non-hydrogen) atoms.